The highest BCUT2D eigenvalue weighted by molar-refractivity contribution is 5.80. The molecular formula is C11H20N2O3. The Morgan fingerprint density at radius 3 is 2.56 bits per heavy atom. The van der Waals surface area contributed by atoms with Crippen molar-refractivity contribution in [3.05, 3.63) is 0 Å². The van der Waals surface area contributed by atoms with E-state index in [0.29, 0.717) is 6.54 Å². The fraction of sp³-hybridized carbons (Fsp3) is 0.818. The van der Waals surface area contributed by atoms with E-state index in [1.54, 1.807) is 25.8 Å². The van der Waals surface area contributed by atoms with Gasteiger partial charge in [0.15, 0.2) is 0 Å². The number of aliphatic carboxylic acids is 1. The number of hydrogen-bond donors (Lipinski definition) is 2. The van der Waals surface area contributed by atoms with Crippen LogP contribution in [0.25, 0.3) is 0 Å². The molecule has 2 N–H and O–H groups in total. The van der Waals surface area contributed by atoms with Gasteiger partial charge in [0, 0.05) is 19.1 Å². The van der Waals surface area contributed by atoms with Crippen molar-refractivity contribution in [1.82, 2.24) is 10.2 Å². The van der Waals surface area contributed by atoms with Crippen LogP contribution in [0.1, 0.15) is 26.7 Å². The highest BCUT2D eigenvalue weighted by Gasteiger charge is 2.34. The van der Waals surface area contributed by atoms with Gasteiger partial charge in [0.1, 0.15) is 0 Å². The summed E-state index contributed by atoms with van der Waals surface area (Å²) in [4.78, 5) is 24.3. The summed E-state index contributed by atoms with van der Waals surface area (Å²) >= 11 is 0. The summed E-state index contributed by atoms with van der Waals surface area (Å²) in [5.74, 6) is -0.844. The van der Waals surface area contributed by atoms with E-state index in [0.717, 1.165) is 13.0 Å². The first-order valence-corrected chi connectivity index (χ1v) is 5.55. The zero-order valence-corrected chi connectivity index (χ0v) is 10.1. The van der Waals surface area contributed by atoms with Crippen molar-refractivity contribution >= 4 is 11.9 Å². The summed E-state index contributed by atoms with van der Waals surface area (Å²) in [6.07, 6.45) is 0.807. The predicted molar refractivity (Wildman–Crippen MR) is 60.1 cm³/mol. The fourth-order valence-corrected chi connectivity index (χ4v) is 1.93. The number of carboxylic acid groups (broad SMARTS) is 1. The van der Waals surface area contributed by atoms with Crippen molar-refractivity contribution in [2.24, 2.45) is 5.92 Å². The topological polar surface area (TPSA) is 69.6 Å². The summed E-state index contributed by atoms with van der Waals surface area (Å²) in [6, 6.07) is 0. The molecule has 1 unspecified atom stereocenters. The molecule has 0 aromatic heterocycles. The Morgan fingerprint density at radius 2 is 2.12 bits per heavy atom. The monoisotopic (exact) mass is 228 g/mol. The van der Waals surface area contributed by atoms with Crippen molar-refractivity contribution in [2.45, 2.75) is 32.2 Å². The second kappa shape index (κ2) is 4.82. The second-order valence-electron chi connectivity index (χ2n) is 4.97. The Hall–Kier alpha value is -1.10. The standard InChI is InChI=1S/C11H20N2O3/c1-11(2,6-9(14)15)13(3)10(16)8-4-5-12-7-8/h8,12H,4-7H2,1-3H3,(H,14,15). The average molecular weight is 228 g/mol. The summed E-state index contributed by atoms with van der Waals surface area (Å²) in [5, 5.41) is 11.9. The second-order valence-corrected chi connectivity index (χ2v) is 4.97. The van der Waals surface area contributed by atoms with Gasteiger partial charge in [-0.25, -0.2) is 0 Å². The van der Waals surface area contributed by atoms with Gasteiger partial charge in [0.25, 0.3) is 0 Å². The molecule has 0 radical (unpaired) electrons. The van der Waals surface area contributed by atoms with Gasteiger partial charge in [0.2, 0.25) is 5.91 Å². The lowest BCUT2D eigenvalue weighted by atomic mass is 9.96. The smallest absolute Gasteiger partial charge is 0.305 e. The Kier molecular flexibility index (Phi) is 3.91. The third kappa shape index (κ3) is 2.95. The molecule has 0 bridgehead atoms. The Balaban J connectivity index is 2.64. The van der Waals surface area contributed by atoms with Crippen LogP contribution in [-0.2, 0) is 9.59 Å². The quantitative estimate of drug-likeness (QED) is 0.726. The molecule has 92 valence electrons. The van der Waals surface area contributed by atoms with E-state index < -0.39 is 11.5 Å². The van der Waals surface area contributed by atoms with Gasteiger partial charge in [0.05, 0.1) is 12.3 Å². The van der Waals surface area contributed by atoms with Crippen molar-refractivity contribution < 1.29 is 14.7 Å². The lowest BCUT2D eigenvalue weighted by Gasteiger charge is -2.36. The minimum atomic E-state index is -0.880. The number of amides is 1. The predicted octanol–water partition coefficient (Wildman–Crippen LogP) is 0.308. The Bertz CT molecular complexity index is 283. The van der Waals surface area contributed by atoms with E-state index in [2.05, 4.69) is 5.32 Å². The van der Waals surface area contributed by atoms with Gasteiger partial charge in [-0.1, -0.05) is 0 Å². The van der Waals surface area contributed by atoms with Crippen LogP contribution in [0.3, 0.4) is 0 Å². The highest BCUT2D eigenvalue weighted by Crippen LogP contribution is 2.21. The number of hydrogen-bond acceptors (Lipinski definition) is 3. The van der Waals surface area contributed by atoms with E-state index in [9.17, 15) is 9.59 Å². The molecule has 1 aliphatic heterocycles. The van der Waals surface area contributed by atoms with E-state index in [4.69, 9.17) is 5.11 Å². The maximum atomic E-state index is 12.1. The zero-order chi connectivity index (χ0) is 12.3. The molecule has 0 spiro atoms. The minimum absolute atomic E-state index is 0.00179. The number of nitrogens with zero attached hydrogens (tertiary/aromatic N) is 1. The zero-order valence-electron chi connectivity index (χ0n) is 10.1. The van der Waals surface area contributed by atoms with Crippen LogP contribution in [0.2, 0.25) is 0 Å². The van der Waals surface area contributed by atoms with Gasteiger partial charge in [-0.3, -0.25) is 9.59 Å². The maximum Gasteiger partial charge on any atom is 0.305 e. The number of carbonyl (C=O) groups excluding carboxylic acids is 1. The highest BCUT2D eigenvalue weighted by atomic mass is 16.4. The van der Waals surface area contributed by atoms with Gasteiger partial charge < -0.3 is 15.3 Å². The largest absolute Gasteiger partial charge is 0.481 e. The van der Waals surface area contributed by atoms with Crippen LogP contribution in [0.5, 0.6) is 0 Å². The molecule has 16 heavy (non-hydrogen) atoms. The summed E-state index contributed by atoms with van der Waals surface area (Å²) in [6.45, 7) is 5.12. The normalized spacial score (nSPS) is 20.8. The first-order valence-electron chi connectivity index (χ1n) is 5.55. The van der Waals surface area contributed by atoms with Crippen LogP contribution < -0.4 is 5.32 Å². The molecule has 0 aliphatic carbocycles. The van der Waals surface area contributed by atoms with Crippen molar-refractivity contribution in [3.8, 4) is 0 Å². The fourth-order valence-electron chi connectivity index (χ4n) is 1.93. The first kappa shape index (κ1) is 13.0. The molecule has 1 rings (SSSR count). The third-order valence-electron chi connectivity index (χ3n) is 3.23. The minimum Gasteiger partial charge on any atom is -0.481 e. The molecule has 1 fully saturated rings. The van der Waals surface area contributed by atoms with Crippen LogP contribution in [-0.4, -0.2) is 47.6 Å². The molecule has 1 amide bonds. The van der Waals surface area contributed by atoms with Crippen LogP contribution in [0, 0.1) is 5.92 Å². The summed E-state index contributed by atoms with van der Waals surface area (Å²) < 4.78 is 0. The number of nitrogens with one attached hydrogen (secondary N) is 1. The SMILES string of the molecule is CN(C(=O)C1CCNC1)C(C)(C)CC(=O)O. The number of carboxylic acids is 1. The molecule has 5 heteroatoms. The van der Waals surface area contributed by atoms with Crippen LogP contribution >= 0.6 is 0 Å². The summed E-state index contributed by atoms with van der Waals surface area (Å²) in [7, 11) is 1.68. The van der Waals surface area contributed by atoms with E-state index in [-0.39, 0.29) is 18.2 Å². The van der Waals surface area contributed by atoms with E-state index in [1.165, 1.54) is 0 Å². The molecule has 1 saturated heterocycles. The summed E-state index contributed by atoms with van der Waals surface area (Å²) in [5.41, 5.74) is -0.633. The van der Waals surface area contributed by atoms with Gasteiger partial charge in [-0.15, -0.1) is 0 Å². The number of carbonyl (C=O) groups is 2. The molecule has 1 heterocycles. The third-order valence-corrected chi connectivity index (χ3v) is 3.23. The van der Waals surface area contributed by atoms with Crippen LogP contribution in [0.4, 0.5) is 0 Å². The van der Waals surface area contributed by atoms with Crippen molar-refractivity contribution in [1.29, 1.82) is 0 Å². The maximum absolute atomic E-state index is 12.1. The van der Waals surface area contributed by atoms with E-state index >= 15 is 0 Å². The van der Waals surface area contributed by atoms with Crippen LogP contribution in [0.15, 0.2) is 0 Å². The van der Waals surface area contributed by atoms with Gasteiger partial charge in [-0.05, 0) is 26.8 Å². The van der Waals surface area contributed by atoms with Gasteiger partial charge >= 0.3 is 5.97 Å². The molecular weight excluding hydrogens is 208 g/mol. The first-order chi connectivity index (χ1) is 7.34. The molecule has 5 nitrogen and oxygen atoms in total. The molecule has 0 aromatic rings. The molecule has 1 atom stereocenters. The molecule has 1 aliphatic rings. The Morgan fingerprint density at radius 1 is 1.50 bits per heavy atom. The van der Waals surface area contributed by atoms with E-state index in [1.807, 2.05) is 0 Å². The van der Waals surface area contributed by atoms with Gasteiger partial charge in [-0.2, -0.15) is 0 Å². The van der Waals surface area contributed by atoms with Crippen molar-refractivity contribution in [2.75, 3.05) is 20.1 Å². The average Bonchev–Trinajstić information content (AvgIpc) is 2.66. The lowest BCUT2D eigenvalue weighted by molar-refractivity contribution is -0.144. The molecule has 0 aromatic carbocycles. The van der Waals surface area contributed by atoms with Crippen molar-refractivity contribution in [3.63, 3.8) is 0 Å². The number of rotatable bonds is 4. The lowest BCUT2D eigenvalue weighted by Crippen LogP contribution is -2.49. The Labute approximate surface area is 95.8 Å². The molecule has 0 saturated carbocycles.